The molecule has 0 aliphatic carbocycles. The Kier molecular flexibility index (Phi) is 6.44. The third-order valence-corrected chi connectivity index (χ3v) is 5.55. The molecular weight excluding hydrogens is 445 g/mol. The zero-order valence-electron chi connectivity index (χ0n) is 16.4. The number of nitrogen functional groups attached to an aromatic ring is 1. The van der Waals surface area contributed by atoms with Crippen LogP contribution in [-0.2, 0) is 6.54 Å². The summed E-state index contributed by atoms with van der Waals surface area (Å²) in [6.45, 7) is 2.51. The molecule has 11 nitrogen and oxygen atoms in total. The number of benzene rings is 1. The smallest absolute Gasteiger partial charge is 0.294 e. The summed E-state index contributed by atoms with van der Waals surface area (Å²) in [5, 5.41) is 20.4. The summed E-state index contributed by atoms with van der Waals surface area (Å²) in [4.78, 5) is 14.1. The first-order chi connectivity index (χ1) is 15.0. The summed E-state index contributed by atoms with van der Waals surface area (Å²) in [5.41, 5.74) is 9.57. The Balaban J connectivity index is 1.57. The Morgan fingerprint density at radius 1 is 1.29 bits per heavy atom. The number of anilines is 1. The molecule has 1 fully saturated rings. The topological polar surface area (TPSA) is 142 Å². The maximum Gasteiger partial charge on any atom is 0.294 e. The van der Waals surface area contributed by atoms with Crippen molar-refractivity contribution >= 4 is 41.1 Å². The second-order valence-electron chi connectivity index (χ2n) is 7.12. The Morgan fingerprint density at radius 2 is 2.10 bits per heavy atom. The number of amides is 1. The van der Waals surface area contributed by atoms with Crippen LogP contribution in [0.4, 0.5) is 5.82 Å². The lowest BCUT2D eigenvalue weighted by Crippen LogP contribution is -3.11. The molecule has 0 unspecified atom stereocenters. The van der Waals surface area contributed by atoms with E-state index in [-0.39, 0.29) is 17.3 Å². The summed E-state index contributed by atoms with van der Waals surface area (Å²) >= 11 is 12.0. The Labute approximate surface area is 187 Å². The van der Waals surface area contributed by atoms with Gasteiger partial charge in [0.05, 0.1) is 24.3 Å². The lowest BCUT2D eigenvalue weighted by atomic mass is 10.1. The number of nitrogens with zero attached hydrogens (tertiary/aromatic N) is 6. The highest BCUT2D eigenvalue weighted by molar-refractivity contribution is 6.36. The van der Waals surface area contributed by atoms with E-state index < -0.39 is 5.91 Å². The molecule has 2 aromatic heterocycles. The van der Waals surface area contributed by atoms with Crippen LogP contribution in [0.1, 0.15) is 41.0 Å². The van der Waals surface area contributed by atoms with Crippen LogP contribution in [-0.4, -0.2) is 50.5 Å². The summed E-state index contributed by atoms with van der Waals surface area (Å²) in [6.07, 6.45) is 4.88. The van der Waals surface area contributed by atoms with Crippen LogP contribution in [0.5, 0.6) is 0 Å². The maximum absolute atomic E-state index is 12.8. The van der Waals surface area contributed by atoms with Gasteiger partial charge in [0.25, 0.3) is 5.91 Å². The molecule has 0 atom stereocenters. The Hall–Kier alpha value is -3.02. The van der Waals surface area contributed by atoms with E-state index in [1.165, 1.54) is 22.2 Å². The van der Waals surface area contributed by atoms with Crippen molar-refractivity contribution in [3.05, 3.63) is 45.2 Å². The van der Waals surface area contributed by atoms with Gasteiger partial charge in [0.2, 0.25) is 11.6 Å². The highest BCUT2D eigenvalue weighted by Crippen LogP contribution is 2.19. The van der Waals surface area contributed by atoms with Crippen LogP contribution in [0, 0.1) is 0 Å². The average molecular weight is 465 g/mol. The molecule has 4 N–H and O–H groups in total. The number of hydrazone groups is 1. The first kappa shape index (κ1) is 21.2. The normalized spacial score (nSPS) is 14.9. The lowest BCUT2D eigenvalue weighted by Gasteiger charge is -2.23. The van der Waals surface area contributed by atoms with Crippen LogP contribution in [0.3, 0.4) is 0 Å². The second kappa shape index (κ2) is 9.41. The van der Waals surface area contributed by atoms with Gasteiger partial charge in [-0.15, -0.1) is 5.10 Å². The molecule has 1 aliphatic rings. The minimum Gasteiger partial charge on any atom is -0.378 e. The second-order valence-corrected chi connectivity index (χ2v) is 7.97. The number of nitrogens with two attached hydrogens (primary N) is 1. The molecule has 1 amide bonds. The number of hydrogen-bond donors (Lipinski definition) is 3. The molecule has 1 aromatic carbocycles. The zero-order valence-corrected chi connectivity index (χ0v) is 17.9. The molecular formula is C18H20Cl2N9O2+. The first-order valence-electron chi connectivity index (χ1n) is 9.68. The van der Waals surface area contributed by atoms with E-state index in [9.17, 15) is 4.79 Å². The van der Waals surface area contributed by atoms with Crippen molar-refractivity contribution in [1.82, 2.24) is 30.7 Å². The van der Waals surface area contributed by atoms with Gasteiger partial charge < -0.3 is 10.6 Å². The van der Waals surface area contributed by atoms with Crippen LogP contribution >= 0.6 is 23.2 Å². The minimum absolute atomic E-state index is 0.0575. The number of likely N-dealkylation sites (tertiary alicyclic amines) is 1. The van der Waals surface area contributed by atoms with Crippen LogP contribution in [0.15, 0.2) is 27.9 Å². The summed E-state index contributed by atoms with van der Waals surface area (Å²) in [5.74, 6) is -0.273. The van der Waals surface area contributed by atoms with Crippen molar-refractivity contribution in [2.45, 2.75) is 25.8 Å². The first-order valence-corrected chi connectivity index (χ1v) is 10.4. The highest BCUT2D eigenvalue weighted by atomic mass is 35.5. The van der Waals surface area contributed by atoms with Crippen molar-refractivity contribution in [3.63, 3.8) is 0 Å². The number of carbonyl (C=O) groups is 1. The fraction of sp³-hybridized carbons (Fsp3) is 0.333. The molecule has 3 heterocycles. The molecule has 0 spiro atoms. The number of nitrogens with one attached hydrogen (secondary N) is 2. The average Bonchev–Trinajstić information content (AvgIpc) is 3.36. The van der Waals surface area contributed by atoms with Crippen LogP contribution < -0.4 is 16.1 Å². The van der Waals surface area contributed by atoms with Gasteiger partial charge in [0.15, 0.2) is 5.69 Å². The molecule has 1 aliphatic heterocycles. The van der Waals surface area contributed by atoms with Gasteiger partial charge in [0.1, 0.15) is 12.2 Å². The van der Waals surface area contributed by atoms with E-state index in [4.69, 9.17) is 28.9 Å². The van der Waals surface area contributed by atoms with E-state index >= 15 is 0 Å². The van der Waals surface area contributed by atoms with E-state index in [0.717, 1.165) is 25.9 Å². The number of aromatic nitrogens is 5. The van der Waals surface area contributed by atoms with E-state index in [1.54, 1.807) is 18.2 Å². The Morgan fingerprint density at radius 3 is 2.81 bits per heavy atom. The van der Waals surface area contributed by atoms with Crippen molar-refractivity contribution in [2.75, 3.05) is 18.8 Å². The number of halogens is 2. The van der Waals surface area contributed by atoms with E-state index in [2.05, 4.69) is 35.8 Å². The number of carbonyl (C=O) groups excluding carboxylic acids is 1. The van der Waals surface area contributed by atoms with Gasteiger partial charge in [-0.2, -0.15) is 9.78 Å². The van der Waals surface area contributed by atoms with Gasteiger partial charge in [-0.3, -0.25) is 4.79 Å². The van der Waals surface area contributed by atoms with Crippen LogP contribution in [0.2, 0.25) is 10.0 Å². The zero-order chi connectivity index (χ0) is 21.8. The predicted molar refractivity (Wildman–Crippen MR) is 113 cm³/mol. The maximum atomic E-state index is 12.8. The van der Waals surface area contributed by atoms with Crippen molar-refractivity contribution in [3.8, 4) is 5.82 Å². The third-order valence-electron chi connectivity index (χ3n) is 4.98. The van der Waals surface area contributed by atoms with Crippen molar-refractivity contribution in [2.24, 2.45) is 5.10 Å². The quantitative estimate of drug-likeness (QED) is 0.362. The van der Waals surface area contributed by atoms with Crippen molar-refractivity contribution < 1.29 is 14.3 Å². The van der Waals surface area contributed by atoms with Gasteiger partial charge in [0, 0.05) is 10.6 Å². The van der Waals surface area contributed by atoms with Gasteiger partial charge in [-0.1, -0.05) is 34.5 Å². The van der Waals surface area contributed by atoms with Gasteiger partial charge in [-0.25, -0.2) is 10.1 Å². The van der Waals surface area contributed by atoms with Crippen LogP contribution in [0.25, 0.3) is 5.82 Å². The molecule has 13 heteroatoms. The molecule has 1 saturated heterocycles. The summed E-state index contributed by atoms with van der Waals surface area (Å²) < 4.78 is 6.07. The molecule has 3 aromatic rings. The number of quaternary nitrogens is 1. The number of hydrogen-bond acceptors (Lipinski definition) is 8. The SMILES string of the molecule is Nc1nonc1-n1nnc(C(=O)NN=Cc2ccc(Cl)cc2Cl)c1C[NH+]1CCCCC1. The fourth-order valence-corrected chi connectivity index (χ4v) is 3.89. The fourth-order valence-electron chi connectivity index (χ4n) is 3.43. The number of rotatable bonds is 6. The van der Waals surface area contributed by atoms with Gasteiger partial charge in [-0.05, 0) is 41.7 Å². The highest BCUT2D eigenvalue weighted by Gasteiger charge is 2.27. The molecule has 4 rings (SSSR count). The molecule has 0 bridgehead atoms. The Bertz CT molecular complexity index is 1110. The molecule has 0 saturated carbocycles. The van der Waals surface area contributed by atoms with Gasteiger partial charge >= 0.3 is 0 Å². The van der Waals surface area contributed by atoms with Crippen molar-refractivity contribution in [1.29, 1.82) is 0 Å². The molecule has 162 valence electrons. The molecule has 0 radical (unpaired) electrons. The van der Waals surface area contributed by atoms with E-state index in [1.807, 2.05) is 0 Å². The van der Waals surface area contributed by atoms with E-state index in [0.29, 0.717) is 27.8 Å². The lowest BCUT2D eigenvalue weighted by molar-refractivity contribution is -0.918. The monoisotopic (exact) mass is 464 g/mol. The molecule has 31 heavy (non-hydrogen) atoms. The largest absolute Gasteiger partial charge is 0.378 e. The number of piperidine rings is 1. The standard InChI is InChI=1S/C18H19Cl2N9O2/c19-12-5-4-11(13(20)8-12)9-22-24-18(30)15-14(10-28-6-2-1-3-7-28)29(27-23-15)17-16(21)25-31-26-17/h4-5,8-9H,1-3,6-7,10H2,(H2,21,25)(H,24,30)/p+1. The summed E-state index contributed by atoms with van der Waals surface area (Å²) in [6, 6.07) is 4.97. The minimum atomic E-state index is -0.519. The third kappa shape index (κ3) is 4.84. The predicted octanol–water partition coefficient (Wildman–Crippen LogP) is 0.872. The summed E-state index contributed by atoms with van der Waals surface area (Å²) in [7, 11) is 0.